The lowest BCUT2D eigenvalue weighted by Gasteiger charge is -2.23. The van der Waals surface area contributed by atoms with E-state index in [2.05, 4.69) is 11.4 Å². The van der Waals surface area contributed by atoms with Crippen molar-refractivity contribution in [2.45, 2.75) is 19.3 Å². The molecule has 0 unspecified atom stereocenters. The summed E-state index contributed by atoms with van der Waals surface area (Å²) in [5.41, 5.74) is 12.2. The summed E-state index contributed by atoms with van der Waals surface area (Å²) in [7, 11) is 0. The van der Waals surface area contributed by atoms with E-state index in [4.69, 9.17) is 5.73 Å². The second-order valence-electron chi connectivity index (χ2n) is 8.74. The molecule has 0 radical (unpaired) electrons. The van der Waals surface area contributed by atoms with Crippen LogP contribution in [-0.4, -0.2) is 18.4 Å². The van der Waals surface area contributed by atoms with Gasteiger partial charge in [-0.2, -0.15) is 0 Å². The quantitative estimate of drug-likeness (QED) is 0.357. The maximum Gasteiger partial charge on any atom is 0.258 e. The first kappa shape index (κ1) is 22.4. The number of carbonyl (C=O) groups is 2. The van der Waals surface area contributed by atoms with Crippen LogP contribution in [0.4, 0.5) is 17.1 Å². The fourth-order valence-electron chi connectivity index (χ4n) is 4.55. The molecule has 1 aliphatic rings. The van der Waals surface area contributed by atoms with Gasteiger partial charge in [0.25, 0.3) is 11.8 Å². The molecule has 0 saturated carbocycles. The van der Waals surface area contributed by atoms with Gasteiger partial charge in [0, 0.05) is 34.7 Å². The van der Waals surface area contributed by atoms with Crippen molar-refractivity contribution in [2.24, 2.45) is 0 Å². The summed E-state index contributed by atoms with van der Waals surface area (Å²) in [6.45, 7) is 0.705. The predicted octanol–water partition coefficient (Wildman–Crippen LogP) is 6.17. The van der Waals surface area contributed by atoms with Crippen LogP contribution in [0.3, 0.4) is 0 Å². The molecule has 5 heteroatoms. The van der Waals surface area contributed by atoms with Crippen LogP contribution >= 0.6 is 0 Å². The van der Waals surface area contributed by atoms with E-state index in [9.17, 15) is 9.59 Å². The Morgan fingerprint density at radius 3 is 2.29 bits per heavy atom. The summed E-state index contributed by atoms with van der Waals surface area (Å²) in [6.07, 6.45) is 3.04. The highest BCUT2D eigenvalue weighted by atomic mass is 16.2. The van der Waals surface area contributed by atoms with E-state index in [1.54, 1.807) is 30.3 Å². The standard InChI is InChI=1S/C30H27N3O2/c31-24-16-12-21(13-17-24)26-9-2-3-10-27(26)29(34)32-25-18-14-23(15-19-25)30(35)33-20-6-5-8-22-7-1-4-11-28(22)33/h1-4,7,9-19H,5-6,8,20,31H2,(H,32,34). The van der Waals surface area contributed by atoms with Gasteiger partial charge in [-0.25, -0.2) is 0 Å². The second kappa shape index (κ2) is 9.85. The minimum atomic E-state index is -0.210. The summed E-state index contributed by atoms with van der Waals surface area (Å²) in [5.74, 6) is -0.233. The molecular weight excluding hydrogens is 434 g/mol. The number of hydrogen-bond donors (Lipinski definition) is 2. The monoisotopic (exact) mass is 461 g/mol. The minimum absolute atomic E-state index is 0.0223. The van der Waals surface area contributed by atoms with Crippen molar-refractivity contribution < 1.29 is 9.59 Å². The zero-order chi connectivity index (χ0) is 24.2. The fourth-order valence-corrected chi connectivity index (χ4v) is 4.55. The van der Waals surface area contributed by atoms with Crippen molar-refractivity contribution in [3.05, 3.63) is 114 Å². The Morgan fingerprint density at radius 1 is 0.771 bits per heavy atom. The highest BCUT2D eigenvalue weighted by Crippen LogP contribution is 2.28. The number of fused-ring (bicyclic) bond motifs is 1. The van der Waals surface area contributed by atoms with E-state index in [1.807, 2.05) is 65.6 Å². The molecule has 4 aromatic rings. The molecule has 5 nitrogen and oxygen atoms in total. The summed E-state index contributed by atoms with van der Waals surface area (Å²) in [6, 6.07) is 30.2. The Kier molecular flexibility index (Phi) is 6.31. The maximum atomic E-state index is 13.3. The average molecular weight is 462 g/mol. The summed E-state index contributed by atoms with van der Waals surface area (Å²) in [4.78, 5) is 28.3. The Labute approximate surface area is 205 Å². The Morgan fingerprint density at radius 2 is 1.49 bits per heavy atom. The van der Waals surface area contributed by atoms with E-state index in [0.29, 0.717) is 29.0 Å². The van der Waals surface area contributed by atoms with Crippen molar-refractivity contribution in [2.75, 3.05) is 22.5 Å². The molecule has 0 spiro atoms. The molecule has 0 saturated heterocycles. The minimum Gasteiger partial charge on any atom is -0.399 e. The molecule has 5 rings (SSSR count). The van der Waals surface area contributed by atoms with Gasteiger partial charge in [-0.05, 0) is 84.5 Å². The van der Waals surface area contributed by atoms with Gasteiger partial charge >= 0.3 is 0 Å². The van der Waals surface area contributed by atoms with Gasteiger partial charge in [-0.3, -0.25) is 9.59 Å². The number of anilines is 3. The van der Waals surface area contributed by atoms with Gasteiger partial charge < -0.3 is 16.0 Å². The van der Waals surface area contributed by atoms with Gasteiger partial charge in [-0.15, -0.1) is 0 Å². The Bertz CT molecular complexity index is 1360. The smallest absolute Gasteiger partial charge is 0.258 e. The molecule has 4 aromatic carbocycles. The molecule has 0 atom stereocenters. The number of rotatable bonds is 4. The Hall–Kier alpha value is -4.38. The van der Waals surface area contributed by atoms with Crippen molar-refractivity contribution in [1.29, 1.82) is 0 Å². The Balaban J connectivity index is 1.34. The summed E-state index contributed by atoms with van der Waals surface area (Å²) in [5, 5.41) is 2.96. The van der Waals surface area contributed by atoms with Gasteiger partial charge in [0.05, 0.1) is 0 Å². The van der Waals surface area contributed by atoms with E-state index >= 15 is 0 Å². The molecule has 0 aliphatic carbocycles. The van der Waals surface area contributed by atoms with Crippen LogP contribution < -0.4 is 16.0 Å². The number of nitrogens with one attached hydrogen (secondary N) is 1. The lowest BCUT2D eigenvalue weighted by molar-refractivity contribution is 0.0985. The van der Waals surface area contributed by atoms with Crippen molar-refractivity contribution >= 4 is 28.9 Å². The second-order valence-corrected chi connectivity index (χ2v) is 8.74. The zero-order valence-electron chi connectivity index (χ0n) is 19.4. The van der Waals surface area contributed by atoms with Gasteiger partial charge in [0.1, 0.15) is 0 Å². The number of nitrogen functional groups attached to an aromatic ring is 1. The average Bonchev–Trinajstić information content (AvgIpc) is 3.12. The maximum absolute atomic E-state index is 13.3. The van der Waals surface area contributed by atoms with E-state index in [1.165, 1.54) is 5.56 Å². The third-order valence-electron chi connectivity index (χ3n) is 6.39. The van der Waals surface area contributed by atoms with Crippen molar-refractivity contribution in [3.63, 3.8) is 0 Å². The van der Waals surface area contributed by atoms with Gasteiger partial charge in [0.15, 0.2) is 0 Å². The first-order valence-corrected chi connectivity index (χ1v) is 11.9. The third kappa shape index (κ3) is 4.80. The highest BCUT2D eigenvalue weighted by Gasteiger charge is 2.22. The number of para-hydroxylation sites is 1. The highest BCUT2D eigenvalue weighted by molar-refractivity contribution is 6.09. The number of carbonyl (C=O) groups excluding carboxylic acids is 2. The molecule has 0 fully saturated rings. The lowest BCUT2D eigenvalue weighted by atomic mass is 9.99. The van der Waals surface area contributed by atoms with Crippen LogP contribution in [0.25, 0.3) is 11.1 Å². The normalized spacial score (nSPS) is 13.0. The van der Waals surface area contributed by atoms with E-state index in [0.717, 1.165) is 36.1 Å². The first-order chi connectivity index (χ1) is 17.1. The number of nitrogens with zero attached hydrogens (tertiary/aromatic N) is 1. The zero-order valence-corrected chi connectivity index (χ0v) is 19.4. The SMILES string of the molecule is Nc1ccc(-c2ccccc2C(=O)Nc2ccc(C(=O)N3CCCCc4ccccc43)cc2)cc1. The molecular formula is C30H27N3O2. The molecule has 2 amide bonds. The van der Waals surface area contributed by atoms with Crippen LogP contribution in [0.1, 0.15) is 39.1 Å². The van der Waals surface area contributed by atoms with Crippen molar-refractivity contribution in [3.8, 4) is 11.1 Å². The number of nitrogens with two attached hydrogens (primary N) is 1. The largest absolute Gasteiger partial charge is 0.399 e. The van der Waals surface area contributed by atoms with Crippen molar-refractivity contribution in [1.82, 2.24) is 0 Å². The molecule has 3 N–H and O–H groups in total. The van der Waals surface area contributed by atoms with Crippen LogP contribution in [0.2, 0.25) is 0 Å². The van der Waals surface area contributed by atoms with E-state index < -0.39 is 0 Å². The van der Waals surface area contributed by atoms with Crippen LogP contribution in [-0.2, 0) is 6.42 Å². The first-order valence-electron chi connectivity index (χ1n) is 11.9. The lowest BCUT2D eigenvalue weighted by Crippen LogP contribution is -2.31. The molecule has 174 valence electrons. The van der Waals surface area contributed by atoms with E-state index in [-0.39, 0.29) is 11.8 Å². The van der Waals surface area contributed by atoms with Crippen LogP contribution in [0, 0.1) is 0 Å². The molecule has 1 aliphatic heterocycles. The summed E-state index contributed by atoms with van der Waals surface area (Å²) < 4.78 is 0. The van der Waals surface area contributed by atoms with Crippen LogP contribution in [0.15, 0.2) is 97.1 Å². The number of hydrogen-bond acceptors (Lipinski definition) is 3. The molecule has 35 heavy (non-hydrogen) atoms. The molecule has 0 aromatic heterocycles. The number of amides is 2. The third-order valence-corrected chi connectivity index (χ3v) is 6.39. The van der Waals surface area contributed by atoms with Crippen LogP contribution in [0.5, 0.6) is 0 Å². The molecule has 1 heterocycles. The van der Waals surface area contributed by atoms with Gasteiger partial charge in [-0.1, -0.05) is 48.5 Å². The number of aryl methyl sites for hydroxylation is 1. The summed E-state index contributed by atoms with van der Waals surface area (Å²) >= 11 is 0. The van der Waals surface area contributed by atoms with Gasteiger partial charge in [0.2, 0.25) is 0 Å². The predicted molar refractivity (Wildman–Crippen MR) is 142 cm³/mol. The molecule has 0 bridgehead atoms. The number of benzene rings is 4. The fraction of sp³-hybridized carbons (Fsp3) is 0.133. The topological polar surface area (TPSA) is 75.4 Å².